The first-order chi connectivity index (χ1) is 11.6. The highest BCUT2D eigenvalue weighted by atomic mass is 16.8. The van der Waals surface area contributed by atoms with E-state index < -0.39 is 40.2 Å². The molecular weight excluding hydrogens is 328 g/mol. The highest BCUT2D eigenvalue weighted by Crippen LogP contribution is 2.44. The van der Waals surface area contributed by atoms with E-state index in [4.69, 9.17) is 9.68 Å². The van der Waals surface area contributed by atoms with Crippen molar-refractivity contribution in [2.45, 2.75) is 72.9 Å². The Kier molecular flexibility index (Phi) is 4.61. The highest BCUT2D eigenvalue weighted by Gasteiger charge is 2.64. The second-order valence-electron chi connectivity index (χ2n) is 7.03. The van der Waals surface area contributed by atoms with Crippen LogP contribution in [0.1, 0.15) is 67.2 Å². The van der Waals surface area contributed by atoms with Gasteiger partial charge >= 0.3 is 11.9 Å². The first-order valence-corrected chi connectivity index (χ1v) is 8.73. The Morgan fingerprint density at radius 1 is 0.720 bits per heavy atom. The minimum Gasteiger partial charge on any atom is -0.334 e. The van der Waals surface area contributed by atoms with Gasteiger partial charge in [-0.1, -0.05) is 27.7 Å². The summed E-state index contributed by atoms with van der Waals surface area (Å²) in [4.78, 5) is 60.9. The van der Waals surface area contributed by atoms with E-state index in [9.17, 15) is 19.2 Å². The fraction of sp³-hybridized carbons (Fsp3) is 0.765. The summed E-state index contributed by atoms with van der Waals surface area (Å²) in [5.74, 6) is -2.35. The minimum atomic E-state index is -1.45. The molecular formula is C17H26N2O6. The number of nitrogens with zero attached hydrogens (tertiary/aromatic N) is 2. The Hall–Kier alpha value is -2.12. The molecule has 2 heterocycles. The topological polar surface area (TPSA) is 93.2 Å². The van der Waals surface area contributed by atoms with Crippen LogP contribution in [0.5, 0.6) is 0 Å². The largest absolute Gasteiger partial charge is 0.348 e. The molecule has 0 saturated carbocycles. The van der Waals surface area contributed by atoms with E-state index in [1.54, 1.807) is 27.7 Å². The summed E-state index contributed by atoms with van der Waals surface area (Å²) < 4.78 is 0. The first kappa shape index (κ1) is 19.2. The highest BCUT2D eigenvalue weighted by molar-refractivity contribution is 6.08. The van der Waals surface area contributed by atoms with Crippen molar-refractivity contribution in [1.82, 2.24) is 10.1 Å². The molecule has 2 saturated heterocycles. The van der Waals surface area contributed by atoms with E-state index in [0.717, 1.165) is 10.1 Å². The summed E-state index contributed by atoms with van der Waals surface area (Å²) >= 11 is 0. The molecule has 0 aromatic heterocycles. The van der Waals surface area contributed by atoms with Gasteiger partial charge in [-0.2, -0.15) is 0 Å². The molecule has 2 aliphatic heterocycles. The Labute approximate surface area is 147 Å². The third-order valence-corrected chi connectivity index (χ3v) is 5.73. The predicted molar refractivity (Wildman–Crippen MR) is 86.0 cm³/mol. The van der Waals surface area contributed by atoms with E-state index in [-0.39, 0.29) is 25.7 Å². The molecule has 2 fully saturated rings. The van der Waals surface area contributed by atoms with Gasteiger partial charge in [-0.3, -0.25) is 9.59 Å². The maximum atomic E-state index is 12.9. The molecule has 0 aliphatic carbocycles. The Balaban J connectivity index is 2.41. The summed E-state index contributed by atoms with van der Waals surface area (Å²) in [6.45, 7) is 9.95. The molecule has 2 amide bonds. The predicted octanol–water partition coefficient (Wildman–Crippen LogP) is 1.94. The summed E-state index contributed by atoms with van der Waals surface area (Å²) in [7, 11) is 0. The van der Waals surface area contributed by atoms with E-state index in [1.807, 2.05) is 0 Å². The van der Waals surface area contributed by atoms with Crippen molar-refractivity contribution in [3.8, 4) is 0 Å². The number of hydrogen-bond donors (Lipinski definition) is 0. The van der Waals surface area contributed by atoms with Crippen molar-refractivity contribution >= 4 is 23.8 Å². The van der Waals surface area contributed by atoms with E-state index in [1.165, 1.54) is 13.8 Å². The fourth-order valence-electron chi connectivity index (χ4n) is 3.47. The maximum absolute atomic E-state index is 12.9. The molecule has 8 nitrogen and oxygen atoms in total. The molecule has 2 aliphatic rings. The fourth-order valence-corrected chi connectivity index (χ4v) is 3.47. The standard InChI is InChI=1S/C17H26N2O6/c1-7-16(8-2)11(20)18(24-13(16)22)15(5,6)19-12(21)17(9-3,10-4)14(23)25-19/h7-10H2,1-6H3. The third kappa shape index (κ3) is 2.26. The zero-order valence-electron chi connectivity index (χ0n) is 15.7. The van der Waals surface area contributed by atoms with Gasteiger partial charge in [0.05, 0.1) is 0 Å². The van der Waals surface area contributed by atoms with Crippen LogP contribution >= 0.6 is 0 Å². The van der Waals surface area contributed by atoms with Gasteiger partial charge in [0.2, 0.25) is 0 Å². The number of amides is 2. The number of carbonyl (C=O) groups excluding carboxylic acids is 4. The summed E-state index contributed by atoms with van der Waals surface area (Å²) in [5, 5.41) is 1.74. The van der Waals surface area contributed by atoms with Gasteiger partial charge in [0.15, 0.2) is 16.5 Å². The molecule has 8 heteroatoms. The molecule has 0 spiro atoms. The SMILES string of the molecule is CCC1(CC)C(=O)ON(C(C)(C)N2OC(=O)C(CC)(CC)C2=O)C1=O. The summed E-state index contributed by atoms with van der Waals surface area (Å²) in [6.07, 6.45) is 1.15. The zero-order chi connectivity index (χ0) is 19.2. The van der Waals surface area contributed by atoms with Gasteiger partial charge in [-0.05, 0) is 39.5 Å². The van der Waals surface area contributed by atoms with Gasteiger partial charge in [-0.15, -0.1) is 10.1 Å². The molecule has 0 radical (unpaired) electrons. The van der Waals surface area contributed by atoms with Crippen LogP contribution in [0.3, 0.4) is 0 Å². The Morgan fingerprint density at radius 3 is 1.20 bits per heavy atom. The van der Waals surface area contributed by atoms with E-state index >= 15 is 0 Å². The lowest BCUT2D eigenvalue weighted by Gasteiger charge is -2.38. The van der Waals surface area contributed by atoms with Crippen LogP contribution < -0.4 is 0 Å². The minimum absolute atomic E-state index is 0.287. The third-order valence-electron chi connectivity index (χ3n) is 5.73. The van der Waals surface area contributed by atoms with Crippen molar-refractivity contribution in [2.75, 3.05) is 0 Å². The van der Waals surface area contributed by atoms with Crippen LogP contribution in [0.25, 0.3) is 0 Å². The molecule has 0 N–H and O–H groups in total. The molecule has 0 unspecified atom stereocenters. The monoisotopic (exact) mass is 354 g/mol. The maximum Gasteiger partial charge on any atom is 0.348 e. The van der Waals surface area contributed by atoms with Gasteiger partial charge in [0, 0.05) is 0 Å². The van der Waals surface area contributed by atoms with Crippen LogP contribution in [0.15, 0.2) is 0 Å². The molecule has 0 atom stereocenters. The van der Waals surface area contributed by atoms with E-state index in [2.05, 4.69) is 0 Å². The van der Waals surface area contributed by atoms with Crippen molar-refractivity contribution in [2.24, 2.45) is 10.8 Å². The molecule has 0 aromatic rings. The Bertz CT molecular complexity index is 567. The number of hydrogen-bond acceptors (Lipinski definition) is 6. The number of hydroxylamine groups is 4. The van der Waals surface area contributed by atoms with Crippen molar-refractivity contribution in [3.05, 3.63) is 0 Å². The lowest BCUT2D eigenvalue weighted by molar-refractivity contribution is -0.270. The van der Waals surface area contributed by atoms with Gasteiger partial charge in [-0.25, -0.2) is 9.59 Å². The van der Waals surface area contributed by atoms with Crippen molar-refractivity contribution < 1.29 is 28.9 Å². The van der Waals surface area contributed by atoms with Crippen molar-refractivity contribution in [1.29, 1.82) is 0 Å². The van der Waals surface area contributed by atoms with Crippen LogP contribution in [0, 0.1) is 10.8 Å². The Morgan fingerprint density at radius 2 is 1.00 bits per heavy atom. The van der Waals surface area contributed by atoms with Crippen LogP contribution in [0.2, 0.25) is 0 Å². The van der Waals surface area contributed by atoms with Gasteiger partial charge in [0.25, 0.3) is 11.8 Å². The molecule has 0 aromatic carbocycles. The van der Waals surface area contributed by atoms with Crippen LogP contribution in [-0.2, 0) is 28.9 Å². The summed E-state index contributed by atoms with van der Waals surface area (Å²) in [5.41, 5.74) is -3.98. The lowest BCUT2D eigenvalue weighted by Crippen LogP contribution is -2.58. The van der Waals surface area contributed by atoms with Gasteiger partial charge in [0.1, 0.15) is 0 Å². The molecule has 140 valence electrons. The van der Waals surface area contributed by atoms with Crippen molar-refractivity contribution in [3.63, 3.8) is 0 Å². The average Bonchev–Trinajstić information content (AvgIpc) is 3.00. The van der Waals surface area contributed by atoms with E-state index in [0.29, 0.717) is 0 Å². The number of rotatable bonds is 6. The second kappa shape index (κ2) is 6.00. The summed E-state index contributed by atoms with van der Waals surface area (Å²) in [6, 6.07) is 0. The average molecular weight is 354 g/mol. The number of carbonyl (C=O) groups is 4. The smallest absolute Gasteiger partial charge is 0.334 e. The normalized spacial score (nSPS) is 22.5. The molecule has 25 heavy (non-hydrogen) atoms. The van der Waals surface area contributed by atoms with Gasteiger partial charge < -0.3 is 9.68 Å². The zero-order valence-corrected chi connectivity index (χ0v) is 15.7. The first-order valence-electron chi connectivity index (χ1n) is 8.73. The molecule has 0 bridgehead atoms. The van der Waals surface area contributed by atoms with Crippen LogP contribution in [-0.4, -0.2) is 39.5 Å². The van der Waals surface area contributed by atoms with Crippen LogP contribution in [0.4, 0.5) is 0 Å². The quantitative estimate of drug-likeness (QED) is 0.677. The lowest BCUT2D eigenvalue weighted by atomic mass is 9.81. The second-order valence-corrected chi connectivity index (χ2v) is 7.03. The molecule has 2 rings (SSSR count).